The zero-order valence-electron chi connectivity index (χ0n) is 13.1. The Balaban J connectivity index is 1.86. The van der Waals surface area contributed by atoms with Gasteiger partial charge in [0.15, 0.2) is 0 Å². The van der Waals surface area contributed by atoms with Crippen LogP contribution in [0.25, 0.3) is 0 Å². The lowest BCUT2D eigenvalue weighted by molar-refractivity contribution is -0.142. The topological polar surface area (TPSA) is 75.6 Å². The second-order valence-electron chi connectivity index (χ2n) is 6.19. The fourth-order valence-corrected chi connectivity index (χ4v) is 2.68. The Kier molecular flexibility index (Phi) is 5.41. The van der Waals surface area contributed by atoms with Crippen LogP contribution < -0.4 is 10.1 Å². The minimum Gasteiger partial charge on any atom is -0.493 e. The van der Waals surface area contributed by atoms with Gasteiger partial charge in [-0.2, -0.15) is 0 Å². The maximum atomic E-state index is 12.0. The van der Waals surface area contributed by atoms with Gasteiger partial charge < -0.3 is 15.2 Å². The maximum Gasteiger partial charge on any atom is 0.308 e. The van der Waals surface area contributed by atoms with Gasteiger partial charge in [-0.15, -0.1) is 0 Å². The number of amides is 1. The first-order chi connectivity index (χ1) is 10.5. The molecule has 0 spiro atoms. The standard InChI is InChI=1S/C17H23NO4/c1-11(2)7-14(17(20)21)10-18-16(19)9-12-3-4-15-13(8-12)5-6-22-15/h3-4,8,11,14H,5-7,9-10H2,1-2H3,(H,18,19)(H,20,21). The average molecular weight is 305 g/mol. The van der Waals surface area contributed by atoms with E-state index in [2.05, 4.69) is 5.32 Å². The molecule has 1 aromatic carbocycles. The van der Waals surface area contributed by atoms with Gasteiger partial charge in [-0.3, -0.25) is 9.59 Å². The first-order valence-electron chi connectivity index (χ1n) is 7.70. The van der Waals surface area contributed by atoms with Crippen molar-refractivity contribution in [2.24, 2.45) is 11.8 Å². The molecule has 0 bridgehead atoms. The van der Waals surface area contributed by atoms with E-state index in [0.29, 0.717) is 13.0 Å². The van der Waals surface area contributed by atoms with Gasteiger partial charge in [0.05, 0.1) is 18.9 Å². The summed E-state index contributed by atoms with van der Waals surface area (Å²) in [5.41, 5.74) is 2.06. The smallest absolute Gasteiger partial charge is 0.308 e. The number of carbonyl (C=O) groups excluding carboxylic acids is 1. The Bertz CT molecular complexity index is 554. The molecule has 0 fully saturated rings. The first kappa shape index (κ1) is 16.3. The molecule has 5 nitrogen and oxygen atoms in total. The van der Waals surface area contributed by atoms with Crippen molar-refractivity contribution >= 4 is 11.9 Å². The number of hydrogen-bond acceptors (Lipinski definition) is 3. The number of hydrogen-bond donors (Lipinski definition) is 2. The van der Waals surface area contributed by atoms with E-state index in [1.54, 1.807) is 0 Å². The Hall–Kier alpha value is -2.04. The number of benzene rings is 1. The highest BCUT2D eigenvalue weighted by molar-refractivity contribution is 5.79. The molecule has 1 aliphatic heterocycles. The molecule has 0 saturated heterocycles. The van der Waals surface area contributed by atoms with E-state index in [1.165, 1.54) is 0 Å². The molecule has 5 heteroatoms. The average Bonchev–Trinajstić information content (AvgIpc) is 2.90. The van der Waals surface area contributed by atoms with Crippen molar-refractivity contribution in [2.45, 2.75) is 33.1 Å². The van der Waals surface area contributed by atoms with Gasteiger partial charge in [-0.05, 0) is 29.5 Å². The predicted molar refractivity (Wildman–Crippen MR) is 82.9 cm³/mol. The second-order valence-corrected chi connectivity index (χ2v) is 6.19. The number of carboxylic acid groups (broad SMARTS) is 1. The summed E-state index contributed by atoms with van der Waals surface area (Å²) in [6.45, 7) is 4.83. The molecular weight excluding hydrogens is 282 g/mol. The van der Waals surface area contributed by atoms with Crippen molar-refractivity contribution in [3.8, 4) is 5.75 Å². The summed E-state index contributed by atoms with van der Waals surface area (Å²) in [6.07, 6.45) is 1.70. The second kappa shape index (κ2) is 7.29. The van der Waals surface area contributed by atoms with Crippen LogP contribution in [0.1, 0.15) is 31.4 Å². The molecule has 22 heavy (non-hydrogen) atoms. The Morgan fingerprint density at radius 3 is 2.82 bits per heavy atom. The minimum absolute atomic E-state index is 0.145. The van der Waals surface area contributed by atoms with E-state index >= 15 is 0 Å². The van der Waals surface area contributed by atoms with Crippen LogP contribution in [0.3, 0.4) is 0 Å². The van der Waals surface area contributed by atoms with E-state index in [9.17, 15) is 9.59 Å². The molecule has 0 radical (unpaired) electrons. The van der Waals surface area contributed by atoms with Crippen molar-refractivity contribution in [3.05, 3.63) is 29.3 Å². The molecule has 1 heterocycles. The Morgan fingerprint density at radius 1 is 1.36 bits per heavy atom. The van der Waals surface area contributed by atoms with E-state index in [0.717, 1.165) is 23.3 Å². The highest BCUT2D eigenvalue weighted by Gasteiger charge is 2.20. The lowest BCUT2D eigenvalue weighted by Crippen LogP contribution is -2.34. The predicted octanol–water partition coefficient (Wildman–Crippen LogP) is 2.03. The van der Waals surface area contributed by atoms with Crippen LogP contribution in [-0.2, 0) is 22.4 Å². The lowest BCUT2D eigenvalue weighted by atomic mass is 9.97. The van der Waals surface area contributed by atoms with Gasteiger partial charge >= 0.3 is 5.97 Å². The van der Waals surface area contributed by atoms with Gasteiger partial charge in [0.2, 0.25) is 5.91 Å². The van der Waals surface area contributed by atoms with Gasteiger partial charge in [-0.1, -0.05) is 26.0 Å². The molecule has 1 unspecified atom stereocenters. The van der Waals surface area contributed by atoms with Crippen LogP contribution in [0.15, 0.2) is 18.2 Å². The highest BCUT2D eigenvalue weighted by atomic mass is 16.5. The third-order valence-electron chi connectivity index (χ3n) is 3.77. The number of rotatable bonds is 7. The van der Waals surface area contributed by atoms with Crippen LogP contribution >= 0.6 is 0 Å². The summed E-state index contributed by atoms with van der Waals surface area (Å²) in [6, 6.07) is 5.76. The van der Waals surface area contributed by atoms with Crippen LogP contribution in [0, 0.1) is 11.8 Å². The van der Waals surface area contributed by atoms with Crippen LogP contribution in [0.4, 0.5) is 0 Å². The number of nitrogens with one attached hydrogen (secondary N) is 1. The van der Waals surface area contributed by atoms with E-state index in [1.807, 2.05) is 32.0 Å². The van der Waals surface area contributed by atoms with Gasteiger partial charge in [-0.25, -0.2) is 0 Å². The van der Waals surface area contributed by atoms with Crippen molar-refractivity contribution < 1.29 is 19.4 Å². The summed E-state index contributed by atoms with van der Waals surface area (Å²) < 4.78 is 5.43. The van der Waals surface area contributed by atoms with E-state index in [4.69, 9.17) is 9.84 Å². The fraction of sp³-hybridized carbons (Fsp3) is 0.529. The molecule has 1 amide bonds. The molecule has 0 aromatic heterocycles. The molecule has 1 atom stereocenters. The van der Waals surface area contributed by atoms with Gasteiger partial charge in [0.1, 0.15) is 5.75 Å². The van der Waals surface area contributed by atoms with Crippen molar-refractivity contribution in [2.75, 3.05) is 13.2 Å². The zero-order chi connectivity index (χ0) is 16.1. The normalized spacial score (nSPS) is 14.3. The molecule has 1 aliphatic rings. The van der Waals surface area contributed by atoms with Crippen LogP contribution in [-0.4, -0.2) is 30.1 Å². The van der Waals surface area contributed by atoms with Gasteiger partial charge in [0, 0.05) is 13.0 Å². The number of fused-ring (bicyclic) bond motifs is 1. The van der Waals surface area contributed by atoms with E-state index in [-0.39, 0.29) is 24.8 Å². The molecule has 2 N–H and O–H groups in total. The molecule has 0 saturated carbocycles. The quantitative estimate of drug-likeness (QED) is 0.808. The molecular formula is C17H23NO4. The zero-order valence-corrected chi connectivity index (χ0v) is 13.1. The van der Waals surface area contributed by atoms with Crippen molar-refractivity contribution in [1.29, 1.82) is 0 Å². The fourth-order valence-electron chi connectivity index (χ4n) is 2.68. The third-order valence-corrected chi connectivity index (χ3v) is 3.77. The molecule has 1 aromatic rings. The Labute approximate surface area is 130 Å². The summed E-state index contributed by atoms with van der Waals surface area (Å²) in [5, 5.41) is 11.9. The van der Waals surface area contributed by atoms with Crippen molar-refractivity contribution in [1.82, 2.24) is 5.32 Å². The first-order valence-corrected chi connectivity index (χ1v) is 7.70. The molecule has 2 rings (SSSR count). The van der Waals surface area contributed by atoms with Crippen LogP contribution in [0.5, 0.6) is 5.75 Å². The summed E-state index contributed by atoms with van der Waals surface area (Å²) in [5.74, 6) is -0.350. The van der Waals surface area contributed by atoms with E-state index < -0.39 is 11.9 Å². The third kappa shape index (κ3) is 4.48. The summed E-state index contributed by atoms with van der Waals surface area (Å²) in [4.78, 5) is 23.2. The molecule has 0 aliphatic carbocycles. The summed E-state index contributed by atoms with van der Waals surface area (Å²) >= 11 is 0. The number of carbonyl (C=O) groups is 2. The Morgan fingerprint density at radius 2 is 2.14 bits per heavy atom. The number of aliphatic carboxylic acids is 1. The lowest BCUT2D eigenvalue weighted by Gasteiger charge is -2.15. The monoisotopic (exact) mass is 305 g/mol. The number of carboxylic acids is 1. The van der Waals surface area contributed by atoms with Gasteiger partial charge in [0.25, 0.3) is 0 Å². The minimum atomic E-state index is -0.858. The number of ether oxygens (including phenoxy) is 1. The largest absolute Gasteiger partial charge is 0.493 e. The maximum absolute atomic E-state index is 12.0. The highest BCUT2D eigenvalue weighted by Crippen LogP contribution is 2.25. The SMILES string of the molecule is CC(C)CC(CNC(=O)Cc1ccc2c(c1)CCO2)C(=O)O. The molecule has 120 valence electrons. The van der Waals surface area contributed by atoms with Crippen molar-refractivity contribution in [3.63, 3.8) is 0 Å². The van der Waals surface area contributed by atoms with Crippen LogP contribution in [0.2, 0.25) is 0 Å². The summed E-state index contributed by atoms with van der Waals surface area (Å²) in [7, 11) is 0.